The molecule has 1 aromatic carbocycles. The second kappa shape index (κ2) is 8.04. The topological polar surface area (TPSA) is 51.0 Å². The number of carbonyl (C=O) groups excluding carboxylic acids is 1. The first-order chi connectivity index (χ1) is 12.1. The number of rotatable bonds is 4. The van der Waals surface area contributed by atoms with Crippen molar-refractivity contribution >= 4 is 17.7 Å². The molecule has 0 unspecified atom stereocenters. The quantitative estimate of drug-likeness (QED) is 0.783. The van der Waals surface area contributed by atoms with Crippen LogP contribution in [0.2, 0.25) is 0 Å². The smallest absolute Gasteiger partial charge is 0.235 e. The first-order valence-corrected chi connectivity index (χ1v) is 9.86. The highest BCUT2D eigenvalue weighted by molar-refractivity contribution is 8.00. The number of benzene rings is 1. The van der Waals surface area contributed by atoms with Crippen molar-refractivity contribution in [3.05, 3.63) is 29.8 Å². The zero-order valence-electron chi connectivity index (χ0n) is 15.2. The van der Waals surface area contributed by atoms with Crippen LogP contribution in [-0.4, -0.2) is 43.9 Å². The van der Waals surface area contributed by atoms with Crippen LogP contribution in [0.5, 0.6) is 0 Å². The maximum Gasteiger partial charge on any atom is 0.235 e. The Morgan fingerprint density at radius 3 is 2.48 bits per heavy atom. The minimum absolute atomic E-state index is 0.147. The molecule has 6 heteroatoms. The molecule has 1 aromatic heterocycles. The number of amides is 1. The van der Waals surface area contributed by atoms with Crippen molar-refractivity contribution in [2.75, 3.05) is 13.1 Å². The molecule has 0 aliphatic carbocycles. The van der Waals surface area contributed by atoms with E-state index >= 15 is 0 Å². The molecule has 25 heavy (non-hydrogen) atoms. The van der Waals surface area contributed by atoms with Crippen LogP contribution in [0.15, 0.2) is 29.4 Å². The molecule has 3 rings (SSSR count). The van der Waals surface area contributed by atoms with Gasteiger partial charge in [0.1, 0.15) is 0 Å². The first-order valence-electron chi connectivity index (χ1n) is 8.99. The average Bonchev–Trinajstić information content (AvgIpc) is 2.81. The lowest BCUT2D eigenvalue weighted by molar-refractivity contribution is -0.130. The van der Waals surface area contributed by atoms with E-state index in [1.54, 1.807) is 0 Å². The van der Waals surface area contributed by atoms with Crippen LogP contribution < -0.4 is 0 Å². The molecule has 0 N–H and O–H groups in total. The molecule has 2 heterocycles. The molecule has 0 bridgehead atoms. The van der Waals surface area contributed by atoms with E-state index < -0.39 is 0 Å². The summed E-state index contributed by atoms with van der Waals surface area (Å²) in [5.74, 6) is 1.06. The fraction of sp³-hybridized carbons (Fsp3) is 0.526. The van der Waals surface area contributed by atoms with E-state index in [0.717, 1.165) is 42.5 Å². The number of carbonyl (C=O) groups is 1. The van der Waals surface area contributed by atoms with Gasteiger partial charge < -0.3 is 9.47 Å². The molecular formula is C19H26N4OS. The van der Waals surface area contributed by atoms with Crippen LogP contribution in [0.4, 0.5) is 0 Å². The van der Waals surface area contributed by atoms with Gasteiger partial charge in [0.2, 0.25) is 5.91 Å². The largest absolute Gasteiger partial charge is 0.342 e. The maximum absolute atomic E-state index is 12.7. The van der Waals surface area contributed by atoms with E-state index in [0.29, 0.717) is 0 Å². The van der Waals surface area contributed by atoms with Gasteiger partial charge in [-0.25, -0.2) is 0 Å². The van der Waals surface area contributed by atoms with Gasteiger partial charge in [0.05, 0.1) is 5.25 Å². The van der Waals surface area contributed by atoms with Crippen molar-refractivity contribution in [1.82, 2.24) is 19.7 Å². The lowest BCUT2D eigenvalue weighted by atomic mass is 10.1. The Morgan fingerprint density at radius 2 is 1.80 bits per heavy atom. The average molecular weight is 359 g/mol. The first kappa shape index (κ1) is 18.0. The Labute approximate surface area is 153 Å². The number of nitrogens with zero attached hydrogens (tertiary/aromatic N) is 4. The fourth-order valence-electron chi connectivity index (χ4n) is 3.23. The SMILES string of the molecule is Cc1ccccc1-c1nnc(S[C@H](C)C(=O)N2CCCCCC2)n1C. The van der Waals surface area contributed by atoms with Gasteiger partial charge in [-0.05, 0) is 32.3 Å². The van der Waals surface area contributed by atoms with E-state index in [1.165, 1.54) is 30.2 Å². The molecule has 2 aromatic rings. The van der Waals surface area contributed by atoms with Gasteiger partial charge in [0.25, 0.3) is 0 Å². The summed E-state index contributed by atoms with van der Waals surface area (Å²) in [4.78, 5) is 14.8. The third-order valence-corrected chi connectivity index (χ3v) is 5.89. The summed E-state index contributed by atoms with van der Waals surface area (Å²) in [6, 6.07) is 8.16. The van der Waals surface area contributed by atoms with Crippen LogP contribution in [0.3, 0.4) is 0 Å². The highest BCUT2D eigenvalue weighted by atomic mass is 32.2. The maximum atomic E-state index is 12.7. The predicted molar refractivity (Wildman–Crippen MR) is 102 cm³/mol. The van der Waals surface area contributed by atoms with Crippen LogP contribution in [-0.2, 0) is 11.8 Å². The third kappa shape index (κ3) is 4.06. The second-order valence-corrected chi connectivity index (χ2v) is 7.99. The third-order valence-electron chi connectivity index (χ3n) is 4.77. The van der Waals surface area contributed by atoms with Crippen molar-refractivity contribution in [2.24, 2.45) is 7.05 Å². The van der Waals surface area contributed by atoms with Crippen LogP contribution in [0.25, 0.3) is 11.4 Å². The predicted octanol–water partition coefficient (Wildman–Crippen LogP) is 3.67. The molecule has 1 amide bonds. The number of thioether (sulfide) groups is 1. The number of hydrogen-bond acceptors (Lipinski definition) is 4. The molecular weight excluding hydrogens is 332 g/mol. The highest BCUT2D eigenvalue weighted by Crippen LogP contribution is 2.28. The highest BCUT2D eigenvalue weighted by Gasteiger charge is 2.24. The van der Waals surface area contributed by atoms with E-state index in [9.17, 15) is 4.79 Å². The summed E-state index contributed by atoms with van der Waals surface area (Å²) < 4.78 is 1.99. The van der Waals surface area contributed by atoms with E-state index in [2.05, 4.69) is 29.3 Å². The van der Waals surface area contributed by atoms with Crippen molar-refractivity contribution in [3.8, 4) is 11.4 Å². The van der Waals surface area contributed by atoms with Crippen molar-refractivity contribution in [2.45, 2.75) is 49.9 Å². The minimum Gasteiger partial charge on any atom is -0.342 e. The summed E-state index contributed by atoms with van der Waals surface area (Å²) in [5.41, 5.74) is 2.25. The minimum atomic E-state index is -0.147. The van der Waals surface area contributed by atoms with Crippen LogP contribution >= 0.6 is 11.8 Å². The van der Waals surface area contributed by atoms with Crippen molar-refractivity contribution < 1.29 is 4.79 Å². The summed E-state index contributed by atoms with van der Waals surface area (Å²) in [5, 5.41) is 9.32. The zero-order valence-corrected chi connectivity index (χ0v) is 16.1. The van der Waals surface area contributed by atoms with Gasteiger partial charge >= 0.3 is 0 Å². The summed E-state index contributed by atoms with van der Waals surface area (Å²) in [6.45, 7) is 5.82. The van der Waals surface area contributed by atoms with Gasteiger partial charge in [-0.2, -0.15) is 0 Å². The lowest BCUT2D eigenvalue weighted by Crippen LogP contribution is -2.37. The van der Waals surface area contributed by atoms with Gasteiger partial charge in [0, 0.05) is 25.7 Å². The molecule has 134 valence electrons. The van der Waals surface area contributed by atoms with E-state index in [4.69, 9.17) is 0 Å². The lowest BCUT2D eigenvalue weighted by Gasteiger charge is -2.23. The second-order valence-electron chi connectivity index (χ2n) is 6.68. The standard InChI is InChI=1S/C19H26N4OS/c1-14-10-6-7-11-16(14)17-20-21-19(22(17)3)25-15(2)18(24)23-12-8-4-5-9-13-23/h6-7,10-11,15H,4-5,8-9,12-13H2,1-3H3/t15-/m1/s1. The Kier molecular flexibility index (Phi) is 5.78. The number of hydrogen-bond donors (Lipinski definition) is 0. The van der Waals surface area contributed by atoms with Gasteiger partial charge in [-0.3, -0.25) is 4.79 Å². The van der Waals surface area contributed by atoms with E-state index in [-0.39, 0.29) is 11.2 Å². The van der Waals surface area contributed by atoms with Gasteiger partial charge in [0.15, 0.2) is 11.0 Å². The van der Waals surface area contributed by atoms with Crippen LogP contribution in [0.1, 0.15) is 38.2 Å². The summed E-state index contributed by atoms with van der Waals surface area (Å²) >= 11 is 1.50. The Hall–Kier alpha value is -1.82. The normalized spacial score (nSPS) is 16.5. The monoisotopic (exact) mass is 358 g/mol. The Bertz CT molecular complexity index is 735. The molecule has 0 spiro atoms. The molecule has 1 atom stereocenters. The van der Waals surface area contributed by atoms with Crippen LogP contribution in [0, 0.1) is 6.92 Å². The molecule has 5 nitrogen and oxygen atoms in total. The number of aromatic nitrogens is 3. The molecule has 1 aliphatic heterocycles. The van der Waals surface area contributed by atoms with Crippen molar-refractivity contribution in [3.63, 3.8) is 0 Å². The molecule has 1 saturated heterocycles. The Balaban J connectivity index is 1.73. The Morgan fingerprint density at radius 1 is 1.12 bits per heavy atom. The zero-order chi connectivity index (χ0) is 17.8. The molecule has 1 aliphatic rings. The molecule has 1 fully saturated rings. The molecule has 0 saturated carbocycles. The van der Waals surface area contributed by atoms with Gasteiger partial charge in [-0.15, -0.1) is 10.2 Å². The number of aryl methyl sites for hydroxylation is 1. The van der Waals surface area contributed by atoms with Gasteiger partial charge in [-0.1, -0.05) is 48.9 Å². The molecule has 0 radical (unpaired) electrons. The van der Waals surface area contributed by atoms with E-state index in [1.807, 2.05) is 35.6 Å². The fourth-order valence-corrected chi connectivity index (χ4v) is 4.13. The number of likely N-dealkylation sites (tertiary alicyclic amines) is 1. The van der Waals surface area contributed by atoms with Crippen molar-refractivity contribution in [1.29, 1.82) is 0 Å². The summed E-state index contributed by atoms with van der Waals surface area (Å²) in [7, 11) is 1.97. The summed E-state index contributed by atoms with van der Waals surface area (Å²) in [6.07, 6.45) is 4.69.